The topological polar surface area (TPSA) is 68.6 Å². The second-order valence-corrected chi connectivity index (χ2v) is 4.96. The van der Waals surface area contributed by atoms with Gasteiger partial charge in [-0.05, 0) is 18.8 Å². The lowest BCUT2D eigenvalue weighted by Gasteiger charge is -2.31. The smallest absolute Gasteiger partial charge is 0.305 e. The highest BCUT2D eigenvalue weighted by Crippen LogP contribution is 2.49. The van der Waals surface area contributed by atoms with Crippen LogP contribution in [0.3, 0.4) is 0 Å². The first-order valence-corrected chi connectivity index (χ1v) is 6.61. The van der Waals surface area contributed by atoms with Crippen molar-refractivity contribution in [1.29, 1.82) is 5.26 Å². The Hall–Kier alpha value is -1.38. The zero-order valence-electron chi connectivity index (χ0n) is 11.1. The van der Waals surface area contributed by atoms with Crippen molar-refractivity contribution in [3.05, 3.63) is 12.2 Å². The first-order chi connectivity index (χ1) is 9.22. The van der Waals surface area contributed by atoms with E-state index in [0.29, 0.717) is 26.1 Å². The van der Waals surface area contributed by atoms with Crippen LogP contribution in [-0.2, 0) is 19.0 Å². The molecule has 2 rings (SSSR count). The van der Waals surface area contributed by atoms with E-state index in [4.69, 9.17) is 19.5 Å². The molecule has 1 spiro atoms. The molecule has 1 heterocycles. The van der Waals surface area contributed by atoms with Gasteiger partial charge in [-0.25, -0.2) is 0 Å². The first kappa shape index (κ1) is 14.0. The summed E-state index contributed by atoms with van der Waals surface area (Å²) in [6.45, 7) is 1.20. The Balaban J connectivity index is 2.08. The van der Waals surface area contributed by atoms with Gasteiger partial charge in [-0.3, -0.25) is 4.79 Å². The van der Waals surface area contributed by atoms with Crippen LogP contribution >= 0.6 is 0 Å². The van der Waals surface area contributed by atoms with Crippen LogP contribution in [0.25, 0.3) is 0 Å². The molecule has 5 nitrogen and oxygen atoms in total. The fourth-order valence-electron chi connectivity index (χ4n) is 3.14. The van der Waals surface area contributed by atoms with E-state index in [9.17, 15) is 4.79 Å². The third kappa shape index (κ3) is 2.96. The van der Waals surface area contributed by atoms with Crippen molar-refractivity contribution >= 4 is 5.97 Å². The lowest BCUT2D eigenvalue weighted by molar-refractivity contribution is -0.186. The van der Waals surface area contributed by atoms with Gasteiger partial charge in [0.05, 0.1) is 26.4 Å². The molecule has 0 aromatic rings. The van der Waals surface area contributed by atoms with Crippen molar-refractivity contribution in [1.82, 2.24) is 0 Å². The summed E-state index contributed by atoms with van der Waals surface area (Å²) in [4.78, 5) is 11.5. The number of ether oxygens (including phenoxy) is 3. The molecule has 0 unspecified atom stereocenters. The van der Waals surface area contributed by atoms with E-state index < -0.39 is 5.79 Å². The summed E-state index contributed by atoms with van der Waals surface area (Å²) in [7, 11) is 1.40. The van der Waals surface area contributed by atoms with Crippen LogP contribution in [0.2, 0.25) is 0 Å². The molecular weight excluding hydrogens is 246 g/mol. The fraction of sp³-hybridized carbons (Fsp3) is 0.714. The molecule has 1 saturated carbocycles. The van der Waals surface area contributed by atoms with Gasteiger partial charge < -0.3 is 14.2 Å². The Morgan fingerprint density at radius 3 is 2.89 bits per heavy atom. The Labute approximate surface area is 113 Å². The maximum atomic E-state index is 11.5. The zero-order chi connectivity index (χ0) is 13.7. The van der Waals surface area contributed by atoms with E-state index >= 15 is 0 Å². The highest BCUT2D eigenvalue weighted by atomic mass is 16.7. The normalized spacial score (nSPS) is 28.8. The molecule has 0 amide bonds. The van der Waals surface area contributed by atoms with Gasteiger partial charge in [0.2, 0.25) is 0 Å². The monoisotopic (exact) mass is 265 g/mol. The van der Waals surface area contributed by atoms with E-state index in [1.807, 2.05) is 12.1 Å². The Kier molecular flexibility index (Phi) is 4.56. The van der Waals surface area contributed by atoms with E-state index in [1.54, 1.807) is 0 Å². The fourth-order valence-corrected chi connectivity index (χ4v) is 3.14. The lowest BCUT2D eigenvalue weighted by atomic mass is 9.87. The molecule has 1 aliphatic carbocycles. The van der Waals surface area contributed by atoms with E-state index in [-0.39, 0.29) is 17.8 Å². The number of nitrogens with zero attached hydrogens (tertiary/aromatic N) is 1. The Morgan fingerprint density at radius 2 is 2.26 bits per heavy atom. The highest BCUT2D eigenvalue weighted by molar-refractivity contribution is 5.69. The minimum Gasteiger partial charge on any atom is -0.469 e. The molecule has 0 aromatic heterocycles. The average molecular weight is 265 g/mol. The highest BCUT2D eigenvalue weighted by Gasteiger charge is 2.52. The van der Waals surface area contributed by atoms with Crippen molar-refractivity contribution in [2.75, 3.05) is 20.3 Å². The van der Waals surface area contributed by atoms with Crippen LogP contribution < -0.4 is 0 Å². The maximum absolute atomic E-state index is 11.5. The van der Waals surface area contributed by atoms with Gasteiger partial charge in [-0.1, -0.05) is 6.08 Å². The first-order valence-electron chi connectivity index (χ1n) is 6.61. The van der Waals surface area contributed by atoms with Gasteiger partial charge in [0.15, 0.2) is 5.79 Å². The zero-order valence-corrected chi connectivity index (χ0v) is 11.1. The lowest BCUT2D eigenvalue weighted by Crippen LogP contribution is -2.37. The number of esters is 1. The van der Waals surface area contributed by atoms with Gasteiger partial charge in [-0.2, -0.15) is 5.26 Å². The number of methoxy groups -OCH3 is 1. The summed E-state index contributed by atoms with van der Waals surface area (Å²) < 4.78 is 16.3. The maximum Gasteiger partial charge on any atom is 0.305 e. The van der Waals surface area contributed by atoms with Crippen LogP contribution in [0.5, 0.6) is 0 Å². The predicted octanol–water partition coefficient (Wildman–Crippen LogP) is 1.79. The van der Waals surface area contributed by atoms with Crippen LogP contribution in [0.15, 0.2) is 12.2 Å². The van der Waals surface area contributed by atoms with Crippen molar-refractivity contribution in [2.45, 2.75) is 31.5 Å². The minimum atomic E-state index is -0.557. The van der Waals surface area contributed by atoms with Gasteiger partial charge in [0.25, 0.3) is 0 Å². The molecule has 1 aliphatic heterocycles. The van der Waals surface area contributed by atoms with Crippen molar-refractivity contribution in [3.8, 4) is 6.07 Å². The summed E-state index contributed by atoms with van der Waals surface area (Å²) >= 11 is 0. The quantitative estimate of drug-likeness (QED) is 0.572. The number of allylic oxidation sites excluding steroid dienone is 2. The van der Waals surface area contributed by atoms with Crippen LogP contribution in [0, 0.1) is 23.2 Å². The third-order valence-corrected chi connectivity index (χ3v) is 4.01. The van der Waals surface area contributed by atoms with Gasteiger partial charge in [-0.15, -0.1) is 0 Å². The molecule has 19 heavy (non-hydrogen) atoms. The summed E-state index contributed by atoms with van der Waals surface area (Å²) in [6.07, 6.45) is 6.06. The molecule has 2 atom stereocenters. The van der Waals surface area contributed by atoms with Gasteiger partial charge in [0, 0.05) is 24.8 Å². The van der Waals surface area contributed by atoms with Crippen molar-refractivity contribution < 1.29 is 19.0 Å². The van der Waals surface area contributed by atoms with Crippen molar-refractivity contribution in [2.24, 2.45) is 11.8 Å². The summed E-state index contributed by atoms with van der Waals surface area (Å²) in [5.41, 5.74) is 0. The number of carbonyl (C=O) groups is 1. The molecule has 1 saturated heterocycles. The van der Waals surface area contributed by atoms with Crippen LogP contribution in [0.1, 0.15) is 25.7 Å². The third-order valence-electron chi connectivity index (χ3n) is 4.01. The van der Waals surface area contributed by atoms with Gasteiger partial charge in [0.1, 0.15) is 0 Å². The predicted molar refractivity (Wildman–Crippen MR) is 66.9 cm³/mol. The van der Waals surface area contributed by atoms with Gasteiger partial charge >= 0.3 is 5.97 Å². The molecule has 0 N–H and O–H groups in total. The molecular formula is C14H19NO4. The molecule has 2 aliphatic rings. The molecule has 5 heteroatoms. The summed E-state index contributed by atoms with van der Waals surface area (Å²) in [5, 5.41) is 8.57. The standard InChI is InChI=1S/C14H19NO4/c1-17-13(16)10-11-5-6-14(18-8-9-19-14)12(11)4-2-3-7-15/h2-3,11-12H,4-6,8-10H2,1H3/b3-2+/t11-,12-/m1/s1. The second-order valence-electron chi connectivity index (χ2n) is 4.96. The SMILES string of the molecule is COC(=O)C[C@H]1CCC2(OCCO2)[C@@H]1C/C=C/C#N. The molecule has 0 aromatic carbocycles. The van der Waals surface area contributed by atoms with Crippen LogP contribution in [-0.4, -0.2) is 32.1 Å². The second kappa shape index (κ2) is 6.18. The molecule has 2 fully saturated rings. The Morgan fingerprint density at radius 1 is 1.53 bits per heavy atom. The number of nitriles is 1. The number of carbonyl (C=O) groups excluding carboxylic acids is 1. The van der Waals surface area contributed by atoms with E-state index in [0.717, 1.165) is 12.8 Å². The molecule has 0 bridgehead atoms. The number of rotatable bonds is 4. The van der Waals surface area contributed by atoms with E-state index in [2.05, 4.69) is 0 Å². The summed E-state index contributed by atoms with van der Waals surface area (Å²) in [6, 6.07) is 1.98. The largest absolute Gasteiger partial charge is 0.469 e. The molecule has 0 radical (unpaired) electrons. The van der Waals surface area contributed by atoms with Crippen molar-refractivity contribution in [3.63, 3.8) is 0 Å². The minimum absolute atomic E-state index is 0.110. The Bertz CT molecular complexity index is 393. The van der Waals surface area contributed by atoms with Crippen LogP contribution in [0.4, 0.5) is 0 Å². The summed E-state index contributed by atoms with van der Waals surface area (Å²) in [5.74, 6) is -0.458. The molecule has 104 valence electrons. The number of hydrogen-bond donors (Lipinski definition) is 0. The van der Waals surface area contributed by atoms with E-state index in [1.165, 1.54) is 13.2 Å². The number of hydrogen-bond acceptors (Lipinski definition) is 5. The average Bonchev–Trinajstić information content (AvgIpc) is 3.01.